The third-order valence-electron chi connectivity index (χ3n) is 6.52. The van der Waals surface area contributed by atoms with Crippen molar-refractivity contribution < 1.29 is 14.7 Å². The highest BCUT2D eigenvalue weighted by atomic mass is 16.3. The van der Waals surface area contributed by atoms with Crippen molar-refractivity contribution in [1.29, 1.82) is 0 Å². The third kappa shape index (κ3) is 4.78. The molecule has 7 nitrogen and oxygen atoms in total. The quantitative estimate of drug-likeness (QED) is 0.787. The second-order valence-electron chi connectivity index (χ2n) is 8.70. The number of aromatic nitrogens is 1. The Labute approximate surface area is 182 Å². The van der Waals surface area contributed by atoms with Gasteiger partial charge in [-0.15, -0.1) is 0 Å². The number of aliphatic hydroxyl groups excluding tert-OH is 1. The largest absolute Gasteiger partial charge is 0.393 e. The first-order chi connectivity index (χ1) is 14.9. The molecule has 2 amide bonds. The predicted octanol–water partition coefficient (Wildman–Crippen LogP) is 2.25. The Bertz CT molecular complexity index is 944. The van der Waals surface area contributed by atoms with E-state index in [1.807, 2.05) is 29.2 Å². The summed E-state index contributed by atoms with van der Waals surface area (Å²) in [4.78, 5) is 33.6. The van der Waals surface area contributed by atoms with E-state index in [0.717, 1.165) is 68.7 Å². The van der Waals surface area contributed by atoms with Gasteiger partial charge in [0.15, 0.2) is 0 Å². The van der Waals surface area contributed by atoms with Crippen LogP contribution >= 0.6 is 0 Å². The lowest BCUT2D eigenvalue weighted by Crippen LogP contribution is -2.47. The highest BCUT2D eigenvalue weighted by Crippen LogP contribution is 2.34. The van der Waals surface area contributed by atoms with Gasteiger partial charge in [-0.25, -0.2) is 0 Å². The Hall–Kier alpha value is -2.77. The number of carbonyl (C=O) groups is 2. The lowest BCUT2D eigenvalue weighted by atomic mass is 9.83. The molecule has 0 spiro atoms. The van der Waals surface area contributed by atoms with Gasteiger partial charge < -0.3 is 20.6 Å². The van der Waals surface area contributed by atoms with Gasteiger partial charge in [0.25, 0.3) is 11.8 Å². The van der Waals surface area contributed by atoms with Gasteiger partial charge in [-0.1, -0.05) is 12.1 Å². The van der Waals surface area contributed by atoms with Crippen LogP contribution in [0.4, 0.5) is 0 Å². The number of amides is 2. The first-order valence-corrected chi connectivity index (χ1v) is 11.0. The average Bonchev–Trinajstić information content (AvgIpc) is 2.79. The van der Waals surface area contributed by atoms with E-state index in [-0.39, 0.29) is 17.9 Å². The Balaban J connectivity index is 1.53. The van der Waals surface area contributed by atoms with Crippen LogP contribution in [0.2, 0.25) is 0 Å². The molecule has 1 saturated heterocycles. The molecule has 2 fully saturated rings. The highest BCUT2D eigenvalue weighted by molar-refractivity contribution is 5.96. The molecule has 0 bridgehead atoms. The van der Waals surface area contributed by atoms with Crippen molar-refractivity contribution >= 4 is 11.8 Å². The minimum atomic E-state index is -0.489. The number of carbonyl (C=O) groups excluding carboxylic acids is 2. The van der Waals surface area contributed by atoms with Crippen LogP contribution in [0.25, 0.3) is 11.1 Å². The first-order valence-electron chi connectivity index (χ1n) is 11.0. The van der Waals surface area contributed by atoms with Crippen molar-refractivity contribution in [2.45, 2.75) is 37.7 Å². The standard InChI is InChI=1S/C24H30N4O3/c1-27-10-12-28(13-11-27)24(31)18-4-2-16(3-5-18)19-14-21(23(25)30)22(26-15-19)17-6-8-20(29)9-7-17/h2-5,14-15,17,20,29H,6-13H2,1H3,(H2,25,30). The molecule has 0 atom stereocenters. The molecule has 3 N–H and O–H groups in total. The van der Waals surface area contributed by atoms with Crippen molar-refractivity contribution in [2.24, 2.45) is 5.73 Å². The Morgan fingerprint density at radius 3 is 2.26 bits per heavy atom. The summed E-state index contributed by atoms with van der Waals surface area (Å²) < 4.78 is 0. The lowest BCUT2D eigenvalue weighted by molar-refractivity contribution is 0.0664. The first kappa shape index (κ1) is 21.5. The molecule has 1 saturated carbocycles. The number of benzene rings is 1. The molecule has 1 aliphatic carbocycles. The van der Waals surface area contributed by atoms with E-state index in [2.05, 4.69) is 16.9 Å². The number of nitrogens with two attached hydrogens (primary N) is 1. The van der Waals surface area contributed by atoms with Crippen molar-refractivity contribution in [3.8, 4) is 11.1 Å². The second kappa shape index (κ2) is 9.16. The van der Waals surface area contributed by atoms with Gasteiger partial charge in [0.05, 0.1) is 17.4 Å². The van der Waals surface area contributed by atoms with Crippen LogP contribution in [-0.2, 0) is 0 Å². The molecule has 1 aliphatic heterocycles. The Morgan fingerprint density at radius 1 is 1.00 bits per heavy atom. The van der Waals surface area contributed by atoms with E-state index >= 15 is 0 Å². The van der Waals surface area contributed by atoms with E-state index in [1.54, 1.807) is 12.3 Å². The van der Waals surface area contributed by atoms with Crippen LogP contribution in [0.3, 0.4) is 0 Å². The smallest absolute Gasteiger partial charge is 0.253 e. The molecule has 31 heavy (non-hydrogen) atoms. The number of piperazine rings is 1. The molecule has 2 heterocycles. The highest BCUT2D eigenvalue weighted by Gasteiger charge is 2.26. The molecule has 1 aromatic carbocycles. The van der Waals surface area contributed by atoms with Gasteiger partial charge in [0, 0.05) is 49.4 Å². The van der Waals surface area contributed by atoms with Crippen molar-refractivity contribution in [1.82, 2.24) is 14.8 Å². The van der Waals surface area contributed by atoms with Crippen LogP contribution in [0.1, 0.15) is 58.0 Å². The third-order valence-corrected chi connectivity index (χ3v) is 6.52. The predicted molar refractivity (Wildman–Crippen MR) is 119 cm³/mol. The van der Waals surface area contributed by atoms with Crippen LogP contribution in [-0.4, -0.2) is 71.0 Å². The monoisotopic (exact) mass is 422 g/mol. The van der Waals surface area contributed by atoms with Crippen molar-refractivity contribution in [2.75, 3.05) is 33.2 Å². The molecule has 164 valence electrons. The summed E-state index contributed by atoms with van der Waals surface area (Å²) in [5.74, 6) is -0.300. The SMILES string of the molecule is CN1CCN(C(=O)c2ccc(-c3cnc(C4CCC(O)CC4)c(C(N)=O)c3)cc2)CC1. The summed E-state index contributed by atoms with van der Waals surface area (Å²) in [7, 11) is 2.06. The number of pyridine rings is 1. The summed E-state index contributed by atoms with van der Waals surface area (Å²) in [6.07, 6.45) is 4.54. The number of nitrogens with zero attached hydrogens (tertiary/aromatic N) is 3. The van der Waals surface area contributed by atoms with E-state index in [1.165, 1.54) is 0 Å². The fourth-order valence-corrected chi connectivity index (χ4v) is 4.50. The maximum absolute atomic E-state index is 12.8. The maximum atomic E-state index is 12.8. The zero-order valence-corrected chi connectivity index (χ0v) is 18.0. The fraction of sp³-hybridized carbons (Fsp3) is 0.458. The van der Waals surface area contributed by atoms with Crippen LogP contribution in [0.15, 0.2) is 36.5 Å². The molecule has 2 aromatic rings. The number of likely N-dealkylation sites (N-methyl/N-ethyl adjacent to an activating group) is 1. The van der Waals surface area contributed by atoms with Gasteiger partial charge in [0.1, 0.15) is 0 Å². The van der Waals surface area contributed by atoms with Crippen LogP contribution < -0.4 is 5.73 Å². The molecular weight excluding hydrogens is 392 g/mol. The summed E-state index contributed by atoms with van der Waals surface area (Å²) in [6.45, 7) is 3.25. The van der Waals surface area contributed by atoms with Gasteiger partial charge in [-0.2, -0.15) is 0 Å². The zero-order chi connectivity index (χ0) is 22.0. The minimum absolute atomic E-state index is 0.0467. The topological polar surface area (TPSA) is 99.8 Å². The Kier molecular flexibility index (Phi) is 6.34. The van der Waals surface area contributed by atoms with Crippen molar-refractivity contribution in [3.05, 3.63) is 53.3 Å². The minimum Gasteiger partial charge on any atom is -0.393 e. The van der Waals surface area contributed by atoms with E-state index in [0.29, 0.717) is 11.1 Å². The zero-order valence-electron chi connectivity index (χ0n) is 18.0. The molecule has 7 heteroatoms. The summed E-state index contributed by atoms with van der Waals surface area (Å²) in [6, 6.07) is 9.24. The van der Waals surface area contributed by atoms with Crippen molar-refractivity contribution in [3.63, 3.8) is 0 Å². The van der Waals surface area contributed by atoms with E-state index in [9.17, 15) is 14.7 Å². The molecular formula is C24H30N4O3. The molecule has 0 unspecified atom stereocenters. The maximum Gasteiger partial charge on any atom is 0.253 e. The average molecular weight is 423 g/mol. The van der Waals surface area contributed by atoms with E-state index < -0.39 is 5.91 Å². The molecule has 2 aliphatic rings. The lowest BCUT2D eigenvalue weighted by Gasteiger charge is -2.32. The normalized spacial score (nSPS) is 22.3. The van der Waals surface area contributed by atoms with Crippen LogP contribution in [0.5, 0.6) is 0 Å². The number of hydrogen-bond donors (Lipinski definition) is 2. The molecule has 0 radical (unpaired) electrons. The van der Waals surface area contributed by atoms with Gasteiger partial charge in [-0.3, -0.25) is 14.6 Å². The molecule has 1 aromatic heterocycles. The summed E-state index contributed by atoms with van der Waals surface area (Å²) in [5, 5.41) is 9.76. The summed E-state index contributed by atoms with van der Waals surface area (Å²) in [5.41, 5.74) is 9.18. The number of primary amides is 1. The van der Waals surface area contributed by atoms with Crippen LogP contribution in [0, 0.1) is 0 Å². The summed E-state index contributed by atoms with van der Waals surface area (Å²) >= 11 is 0. The fourth-order valence-electron chi connectivity index (χ4n) is 4.50. The van der Waals surface area contributed by atoms with Gasteiger partial charge in [-0.05, 0) is 56.5 Å². The number of hydrogen-bond acceptors (Lipinski definition) is 5. The number of aliphatic hydroxyl groups is 1. The van der Waals surface area contributed by atoms with E-state index in [4.69, 9.17) is 5.73 Å². The van der Waals surface area contributed by atoms with Gasteiger partial charge in [0.2, 0.25) is 0 Å². The van der Waals surface area contributed by atoms with Gasteiger partial charge >= 0.3 is 0 Å². The number of rotatable bonds is 4. The Morgan fingerprint density at radius 2 is 1.65 bits per heavy atom. The molecule has 4 rings (SSSR count). The second-order valence-corrected chi connectivity index (χ2v) is 8.70.